The van der Waals surface area contributed by atoms with Gasteiger partial charge in [0, 0.05) is 11.5 Å². The third-order valence-electron chi connectivity index (χ3n) is 2.91. The molecule has 0 radical (unpaired) electrons. The van der Waals surface area contributed by atoms with Gasteiger partial charge in [-0.3, -0.25) is 0 Å². The minimum Gasteiger partial charge on any atom is -0.444 e. The Kier molecular flexibility index (Phi) is 3.01. The second-order valence-corrected chi connectivity index (χ2v) is 5.77. The number of aliphatic hydroxyl groups is 1. The van der Waals surface area contributed by atoms with Gasteiger partial charge in [0.15, 0.2) is 0 Å². The summed E-state index contributed by atoms with van der Waals surface area (Å²) in [5.41, 5.74) is -0.729. The van der Waals surface area contributed by atoms with Gasteiger partial charge in [-0.2, -0.15) is 0 Å². The van der Waals surface area contributed by atoms with Crippen LogP contribution in [0.3, 0.4) is 0 Å². The number of ether oxygens (including phenoxy) is 1. The van der Waals surface area contributed by atoms with Crippen LogP contribution in [0.25, 0.3) is 0 Å². The fourth-order valence-electron chi connectivity index (χ4n) is 1.60. The molecule has 4 nitrogen and oxygen atoms in total. The van der Waals surface area contributed by atoms with E-state index in [-0.39, 0.29) is 17.6 Å². The lowest BCUT2D eigenvalue weighted by Crippen LogP contribution is -2.61. The number of hydrogen-bond acceptors (Lipinski definition) is 3. The van der Waals surface area contributed by atoms with E-state index in [9.17, 15) is 9.90 Å². The van der Waals surface area contributed by atoms with E-state index in [0.717, 1.165) is 0 Å². The first-order valence-electron chi connectivity index (χ1n) is 5.30. The Labute approximate surface area is 91.0 Å². The molecule has 1 fully saturated rings. The van der Waals surface area contributed by atoms with E-state index in [4.69, 9.17) is 4.74 Å². The summed E-state index contributed by atoms with van der Waals surface area (Å²) in [7, 11) is 0. The maximum atomic E-state index is 11.4. The maximum absolute atomic E-state index is 11.4. The Morgan fingerprint density at radius 2 is 2.00 bits per heavy atom. The van der Waals surface area contributed by atoms with Crippen molar-refractivity contribution in [1.29, 1.82) is 0 Å². The number of alkyl carbamates (subject to hydrolysis) is 1. The minimum absolute atomic E-state index is 0.00218. The van der Waals surface area contributed by atoms with Crippen LogP contribution < -0.4 is 5.32 Å². The highest BCUT2D eigenvalue weighted by Crippen LogP contribution is 2.40. The van der Waals surface area contributed by atoms with Gasteiger partial charge in [0.2, 0.25) is 0 Å². The third kappa shape index (κ3) is 2.84. The first-order valence-corrected chi connectivity index (χ1v) is 5.30. The molecule has 1 amide bonds. The van der Waals surface area contributed by atoms with Crippen molar-refractivity contribution in [2.24, 2.45) is 5.41 Å². The van der Waals surface area contributed by atoms with Crippen molar-refractivity contribution in [3.05, 3.63) is 0 Å². The lowest BCUT2D eigenvalue weighted by molar-refractivity contribution is -0.0732. The van der Waals surface area contributed by atoms with Crippen LogP contribution in [0.1, 0.15) is 41.0 Å². The highest BCUT2D eigenvalue weighted by Gasteiger charge is 2.48. The molecular formula is C11H21NO3. The number of aliphatic hydroxyl groups excluding tert-OH is 1. The maximum Gasteiger partial charge on any atom is 0.407 e. The fraction of sp³-hybridized carbons (Fsp3) is 0.909. The van der Waals surface area contributed by atoms with E-state index in [0.29, 0.717) is 6.42 Å². The number of nitrogens with one attached hydrogen (secondary N) is 1. The smallest absolute Gasteiger partial charge is 0.407 e. The van der Waals surface area contributed by atoms with Crippen LogP contribution in [-0.4, -0.2) is 28.9 Å². The largest absolute Gasteiger partial charge is 0.444 e. The van der Waals surface area contributed by atoms with Gasteiger partial charge in [0.05, 0.1) is 6.10 Å². The van der Waals surface area contributed by atoms with Gasteiger partial charge in [-0.1, -0.05) is 13.8 Å². The number of carbonyl (C=O) groups excluding carboxylic acids is 1. The zero-order valence-corrected chi connectivity index (χ0v) is 10.1. The van der Waals surface area contributed by atoms with Crippen LogP contribution in [0.5, 0.6) is 0 Å². The predicted octanol–water partition coefficient (Wildman–Crippen LogP) is 1.67. The first-order chi connectivity index (χ1) is 6.63. The van der Waals surface area contributed by atoms with Crippen molar-refractivity contribution < 1.29 is 14.6 Å². The van der Waals surface area contributed by atoms with Crippen molar-refractivity contribution in [2.75, 3.05) is 0 Å². The van der Waals surface area contributed by atoms with Crippen LogP contribution >= 0.6 is 0 Å². The van der Waals surface area contributed by atoms with Gasteiger partial charge < -0.3 is 15.2 Å². The SMILES string of the molecule is CC(C)(C)OC(=O)N[C@H]1C[C@@H](O)C1(C)C. The molecule has 1 aliphatic carbocycles. The van der Waals surface area contributed by atoms with Crippen molar-refractivity contribution in [3.63, 3.8) is 0 Å². The van der Waals surface area contributed by atoms with Gasteiger partial charge in [-0.25, -0.2) is 4.79 Å². The molecule has 4 heteroatoms. The van der Waals surface area contributed by atoms with Crippen molar-refractivity contribution in [1.82, 2.24) is 5.32 Å². The Bertz CT molecular complexity index is 255. The van der Waals surface area contributed by atoms with Crippen molar-refractivity contribution in [3.8, 4) is 0 Å². The summed E-state index contributed by atoms with van der Waals surface area (Å²) in [6.07, 6.45) is -0.142. The van der Waals surface area contributed by atoms with Crippen molar-refractivity contribution >= 4 is 6.09 Å². The second-order valence-electron chi connectivity index (χ2n) is 5.77. The summed E-state index contributed by atoms with van der Waals surface area (Å²) in [5.74, 6) is 0. The van der Waals surface area contributed by atoms with Crippen LogP contribution in [-0.2, 0) is 4.74 Å². The number of rotatable bonds is 1. The molecule has 0 aromatic heterocycles. The molecule has 1 aliphatic rings. The molecule has 0 spiro atoms. The Hall–Kier alpha value is -0.770. The lowest BCUT2D eigenvalue weighted by Gasteiger charge is -2.49. The van der Waals surface area contributed by atoms with E-state index < -0.39 is 11.7 Å². The van der Waals surface area contributed by atoms with E-state index >= 15 is 0 Å². The van der Waals surface area contributed by atoms with Crippen LogP contribution in [0.2, 0.25) is 0 Å². The highest BCUT2D eigenvalue weighted by molar-refractivity contribution is 5.68. The number of amides is 1. The molecule has 2 N–H and O–H groups in total. The van der Waals surface area contributed by atoms with Gasteiger partial charge in [0.1, 0.15) is 5.60 Å². The average Bonchev–Trinajstić information content (AvgIpc) is 2.00. The minimum atomic E-state index is -0.476. The number of carbonyl (C=O) groups is 1. The normalized spacial score (nSPS) is 29.2. The summed E-state index contributed by atoms with van der Waals surface area (Å²) in [6.45, 7) is 9.35. The summed E-state index contributed by atoms with van der Waals surface area (Å²) in [4.78, 5) is 11.4. The summed E-state index contributed by atoms with van der Waals surface area (Å²) in [5, 5.41) is 12.3. The highest BCUT2D eigenvalue weighted by atomic mass is 16.6. The van der Waals surface area contributed by atoms with Crippen LogP contribution in [0, 0.1) is 5.41 Å². The van der Waals surface area contributed by atoms with Gasteiger partial charge in [-0.05, 0) is 27.2 Å². The molecule has 0 saturated heterocycles. The Morgan fingerprint density at radius 1 is 1.47 bits per heavy atom. The molecule has 0 heterocycles. The van der Waals surface area contributed by atoms with E-state index in [2.05, 4.69) is 5.32 Å². The summed E-state index contributed by atoms with van der Waals surface area (Å²) in [6, 6.07) is 0.00218. The molecule has 2 atom stereocenters. The van der Waals surface area contributed by atoms with Gasteiger partial charge in [0.25, 0.3) is 0 Å². The molecular weight excluding hydrogens is 194 g/mol. The third-order valence-corrected chi connectivity index (χ3v) is 2.91. The van der Waals surface area contributed by atoms with Crippen LogP contribution in [0.4, 0.5) is 4.79 Å². The summed E-state index contributed by atoms with van der Waals surface area (Å²) >= 11 is 0. The van der Waals surface area contributed by atoms with Gasteiger partial charge in [-0.15, -0.1) is 0 Å². The predicted molar refractivity (Wildman–Crippen MR) is 57.6 cm³/mol. The van der Waals surface area contributed by atoms with E-state index in [1.165, 1.54) is 0 Å². The molecule has 15 heavy (non-hydrogen) atoms. The quantitative estimate of drug-likeness (QED) is 0.699. The van der Waals surface area contributed by atoms with E-state index in [1.807, 2.05) is 34.6 Å². The van der Waals surface area contributed by atoms with E-state index in [1.54, 1.807) is 0 Å². The average molecular weight is 215 g/mol. The molecule has 0 unspecified atom stereocenters. The lowest BCUT2D eigenvalue weighted by atomic mass is 9.65. The fourth-order valence-corrected chi connectivity index (χ4v) is 1.60. The summed E-state index contributed by atoms with van der Waals surface area (Å²) < 4.78 is 5.14. The standard InChI is InChI=1S/C11H21NO3/c1-10(2,3)15-9(14)12-7-6-8(13)11(7,4)5/h7-8,13H,6H2,1-5H3,(H,12,14)/t7-,8+/m0/s1. The molecule has 1 rings (SSSR count). The molecule has 0 bridgehead atoms. The Morgan fingerprint density at radius 3 is 2.33 bits per heavy atom. The monoisotopic (exact) mass is 215 g/mol. The number of hydrogen-bond donors (Lipinski definition) is 2. The Balaban J connectivity index is 2.41. The first kappa shape index (κ1) is 12.3. The topological polar surface area (TPSA) is 58.6 Å². The molecule has 88 valence electrons. The zero-order chi connectivity index (χ0) is 11.9. The second kappa shape index (κ2) is 3.67. The molecule has 0 aromatic rings. The van der Waals surface area contributed by atoms with Crippen LogP contribution in [0.15, 0.2) is 0 Å². The van der Waals surface area contributed by atoms with Crippen molar-refractivity contribution in [2.45, 2.75) is 58.8 Å². The van der Waals surface area contributed by atoms with Gasteiger partial charge >= 0.3 is 6.09 Å². The molecule has 0 aliphatic heterocycles. The molecule has 1 saturated carbocycles. The zero-order valence-electron chi connectivity index (χ0n) is 10.1. The molecule has 0 aromatic carbocycles.